The molecule has 5 rings (SSSR count). The third-order valence-electron chi connectivity index (χ3n) is 6.35. The van der Waals surface area contributed by atoms with Gasteiger partial charge >= 0.3 is 0 Å². The highest BCUT2D eigenvalue weighted by atomic mass is 32.2. The fourth-order valence-electron chi connectivity index (χ4n) is 4.47. The van der Waals surface area contributed by atoms with Crippen LogP contribution < -0.4 is 25.2 Å². The lowest BCUT2D eigenvalue weighted by Crippen LogP contribution is -2.36. The number of morpholine rings is 1. The van der Waals surface area contributed by atoms with Crippen LogP contribution in [0.25, 0.3) is 0 Å². The number of sulfone groups is 1. The summed E-state index contributed by atoms with van der Waals surface area (Å²) >= 11 is 0. The van der Waals surface area contributed by atoms with Crippen molar-refractivity contribution in [3.63, 3.8) is 0 Å². The average Bonchev–Trinajstić information content (AvgIpc) is 3.44. The number of benzene rings is 2. The zero-order valence-corrected chi connectivity index (χ0v) is 21.8. The van der Waals surface area contributed by atoms with Crippen molar-refractivity contribution in [1.82, 2.24) is 15.0 Å². The van der Waals surface area contributed by atoms with Crippen molar-refractivity contribution in [3.05, 3.63) is 42.5 Å². The molecule has 2 N–H and O–H groups in total. The molecule has 3 aromatic rings. The fraction of sp³-hybridized carbons (Fsp3) is 0.400. The van der Waals surface area contributed by atoms with Crippen molar-refractivity contribution >= 4 is 44.7 Å². The molecule has 0 spiro atoms. The van der Waals surface area contributed by atoms with Crippen molar-refractivity contribution in [2.45, 2.75) is 17.7 Å². The summed E-state index contributed by atoms with van der Waals surface area (Å²) in [6, 6.07) is 12.6. The van der Waals surface area contributed by atoms with E-state index in [0.717, 1.165) is 44.7 Å². The maximum atomic E-state index is 12.3. The molecule has 0 unspecified atom stereocenters. The topological polar surface area (TPSA) is 122 Å². The highest BCUT2D eigenvalue weighted by Gasteiger charge is 2.20. The van der Waals surface area contributed by atoms with Crippen molar-refractivity contribution < 1.29 is 17.9 Å². The molecule has 0 radical (unpaired) electrons. The van der Waals surface area contributed by atoms with Crippen LogP contribution in [0.2, 0.25) is 0 Å². The van der Waals surface area contributed by atoms with E-state index in [0.29, 0.717) is 42.2 Å². The van der Waals surface area contributed by atoms with Crippen LogP contribution in [0.5, 0.6) is 5.75 Å². The number of aromatic nitrogens is 3. The van der Waals surface area contributed by atoms with Gasteiger partial charge in [0.15, 0.2) is 9.84 Å². The predicted octanol–water partition coefficient (Wildman–Crippen LogP) is 3.21. The number of nitrogens with one attached hydrogen (secondary N) is 2. The van der Waals surface area contributed by atoms with E-state index in [4.69, 9.17) is 9.47 Å². The Hall–Kier alpha value is -3.64. The highest BCUT2D eigenvalue weighted by Crippen LogP contribution is 2.33. The molecule has 0 aliphatic carbocycles. The first-order chi connectivity index (χ1) is 17.9. The summed E-state index contributed by atoms with van der Waals surface area (Å²) in [6.07, 6.45) is 3.30. The summed E-state index contributed by atoms with van der Waals surface area (Å²) in [5.41, 5.74) is 2.17. The number of ether oxygens (including phenoxy) is 2. The van der Waals surface area contributed by atoms with Crippen LogP contribution in [-0.2, 0) is 14.6 Å². The molecule has 2 aliphatic heterocycles. The summed E-state index contributed by atoms with van der Waals surface area (Å²) in [4.78, 5) is 18.3. The van der Waals surface area contributed by atoms with Gasteiger partial charge < -0.3 is 29.9 Å². The number of hydrogen-bond donors (Lipinski definition) is 2. The molecule has 0 atom stereocenters. The van der Waals surface area contributed by atoms with Gasteiger partial charge in [0.2, 0.25) is 17.8 Å². The van der Waals surface area contributed by atoms with Gasteiger partial charge in [-0.2, -0.15) is 15.0 Å². The molecule has 12 heteroatoms. The largest absolute Gasteiger partial charge is 0.494 e. The molecule has 2 saturated heterocycles. The van der Waals surface area contributed by atoms with E-state index >= 15 is 0 Å². The number of anilines is 6. The van der Waals surface area contributed by atoms with E-state index < -0.39 is 9.84 Å². The smallest absolute Gasteiger partial charge is 0.233 e. The molecular weight excluding hydrogens is 494 g/mol. The summed E-state index contributed by atoms with van der Waals surface area (Å²) in [6.45, 7) is 4.75. The molecule has 3 heterocycles. The molecule has 196 valence electrons. The quantitative estimate of drug-likeness (QED) is 0.451. The maximum Gasteiger partial charge on any atom is 0.233 e. The summed E-state index contributed by atoms with van der Waals surface area (Å²) in [5, 5.41) is 6.37. The molecule has 0 saturated carbocycles. The second kappa shape index (κ2) is 10.8. The van der Waals surface area contributed by atoms with E-state index in [2.05, 4.69) is 35.4 Å². The summed E-state index contributed by atoms with van der Waals surface area (Å²) < 4.78 is 35.7. The Bertz CT molecular complexity index is 1360. The molecule has 2 aliphatic rings. The summed E-state index contributed by atoms with van der Waals surface area (Å²) in [5.74, 6) is 1.76. The molecule has 2 aromatic carbocycles. The van der Waals surface area contributed by atoms with Gasteiger partial charge in [-0.3, -0.25) is 0 Å². The SMILES string of the molecule is COc1cc(N2CCOCC2)ccc1Nc1nc(Nc2ccccc2S(C)(=O)=O)nc(N2CCCC2)n1. The van der Waals surface area contributed by atoms with Crippen LogP contribution in [0, 0.1) is 0 Å². The number of nitrogens with zero attached hydrogens (tertiary/aromatic N) is 5. The van der Waals surface area contributed by atoms with Crippen LogP contribution in [0.1, 0.15) is 12.8 Å². The van der Waals surface area contributed by atoms with Gasteiger partial charge in [0.25, 0.3) is 0 Å². The van der Waals surface area contributed by atoms with Crippen molar-refractivity contribution in [2.75, 3.05) is 73.2 Å². The van der Waals surface area contributed by atoms with Gasteiger partial charge in [-0.1, -0.05) is 12.1 Å². The first-order valence-electron chi connectivity index (χ1n) is 12.3. The Morgan fingerprint density at radius 3 is 2.22 bits per heavy atom. The highest BCUT2D eigenvalue weighted by molar-refractivity contribution is 7.90. The lowest BCUT2D eigenvalue weighted by Gasteiger charge is -2.29. The zero-order valence-electron chi connectivity index (χ0n) is 21.0. The molecule has 2 fully saturated rings. The Kier molecular flexibility index (Phi) is 7.28. The molecule has 37 heavy (non-hydrogen) atoms. The molecule has 0 amide bonds. The number of rotatable bonds is 8. The van der Waals surface area contributed by atoms with Gasteiger partial charge in [-0.15, -0.1) is 0 Å². The number of para-hydroxylation sites is 1. The number of methoxy groups -OCH3 is 1. The lowest BCUT2D eigenvalue weighted by molar-refractivity contribution is 0.122. The minimum Gasteiger partial charge on any atom is -0.494 e. The van der Waals surface area contributed by atoms with Crippen LogP contribution in [-0.4, -0.2) is 76.1 Å². The lowest BCUT2D eigenvalue weighted by atomic mass is 10.2. The van der Waals surface area contributed by atoms with Crippen LogP contribution in [0.4, 0.5) is 34.9 Å². The predicted molar refractivity (Wildman–Crippen MR) is 143 cm³/mol. The van der Waals surface area contributed by atoms with Crippen molar-refractivity contribution in [1.29, 1.82) is 0 Å². The standard InChI is InChI=1S/C25H31N7O4S/c1-35-21-17-18(31-13-15-36-16-14-31)9-10-19(21)26-23-28-24(30-25(29-23)32-11-5-6-12-32)27-20-7-3-4-8-22(20)37(2,33)34/h3-4,7-10,17H,5-6,11-16H2,1-2H3,(H2,26,27,28,29,30). The van der Waals surface area contributed by atoms with Gasteiger partial charge in [-0.05, 0) is 37.1 Å². The van der Waals surface area contributed by atoms with Crippen LogP contribution >= 0.6 is 0 Å². The maximum absolute atomic E-state index is 12.3. The third kappa shape index (κ3) is 5.86. The fourth-order valence-corrected chi connectivity index (χ4v) is 5.31. The zero-order chi connectivity index (χ0) is 25.8. The minimum absolute atomic E-state index is 0.174. The molecule has 11 nitrogen and oxygen atoms in total. The van der Waals surface area contributed by atoms with Gasteiger partial charge in [0.1, 0.15) is 5.75 Å². The van der Waals surface area contributed by atoms with Gasteiger partial charge in [0, 0.05) is 44.2 Å². The first kappa shape index (κ1) is 25.0. The second-order valence-corrected chi connectivity index (χ2v) is 11.0. The number of hydrogen-bond acceptors (Lipinski definition) is 11. The van der Waals surface area contributed by atoms with Crippen LogP contribution in [0.3, 0.4) is 0 Å². The van der Waals surface area contributed by atoms with E-state index in [1.807, 2.05) is 18.2 Å². The second-order valence-electron chi connectivity index (χ2n) is 8.98. The van der Waals surface area contributed by atoms with Crippen molar-refractivity contribution in [2.24, 2.45) is 0 Å². The van der Waals surface area contributed by atoms with Gasteiger partial charge in [-0.25, -0.2) is 8.42 Å². The van der Waals surface area contributed by atoms with E-state index in [9.17, 15) is 8.42 Å². The minimum atomic E-state index is -3.45. The molecule has 1 aromatic heterocycles. The first-order valence-corrected chi connectivity index (χ1v) is 14.1. The Labute approximate surface area is 216 Å². The molecular formula is C25H31N7O4S. The Morgan fingerprint density at radius 1 is 0.865 bits per heavy atom. The van der Waals surface area contributed by atoms with E-state index in [1.54, 1.807) is 31.4 Å². The van der Waals surface area contributed by atoms with E-state index in [-0.39, 0.29) is 10.8 Å². The van der Waals surface area contributed by atoms with Crippen LogP contribution in [0.15, 0.2) is 47.4 Å². The monoisotopic (exact) mass is 525 g/mol. The third-order valence-corrected chi connectivity index (χ3v) is 7.51. The summed E-state index contributed by atoms with van der Waals surface area (Å²) in [7, 11) is -1.82. The normalized spacial score (nSPS) is 16.1. The van der Waals surface area contributed by atoms with Gasteiger partial charge in [0.05, 0.1) is 36.6 Å². The molecule has 0 bridgehead atoms. The Morgan fingerprint density at radius 2 is 1.54 bits per heavy atom. The Balaban J connectivity index is 1.47. The average molecular weight is 526 g/mol. The van der Waals surface area contributed by atoms with Crippen molar-refractivity contribution in [3.8, 4) is 5.75 Å². The van der Waals surface area contributed by atoms with E-state index in [1.165, 1.54) is 6.26 Å².